The van der Waals surface area contributed by atoms with Gasteiger partial charge in [-0.25, -0.2) is 4.79 Å². The average molecular weight is 519 g/mol. The molecule has 2 aromatic rings. The fraction of sp³-hybridized carbons (Fsp3) is 0.440. The fourth-order valence-electron chi connectivity index (χ4n) is 3.86. The molecule has 178 valence electrons. The first kappa shape index (κ1) is 25.1. The summed E-state index contributed by atoms with van der Waals surface area (Å²) in [7, 11) is 1.63. The van der Waals surface area contributed by atoms with Crippen LogP contribution in [0.15, 0.2) is 34.8 Å². The largest absolute Gasteiger partial charge is 0.513 e. The molecule has 0 aromatic heterocycles. The van der Waals surface area contributed by atoms with E-state index in [0.717, 1.165) is 45.4 Å². The van der Waals surface area contributed by atoms with Gasteiger partial charge in [0.15, 0.2) is 0 Å². The molecule has 3 rings (SSSR count). The molecule has 0 aliphatic carbocycles. The molecular weight excluding hydrogens is 488 g/mol. The zero-order valence-electron chi connectivity index (χ0n) is 19.5. The summed E-state index contributed by atoms with van der Waals surface area (Å²) in [6.07, 6.45) is 1.39. The van der Waals surface area contributed by atoms with Gasteiger partial charge in [-0.1, -0.05) is 29.8 Å². The number of anilines is 1. The first-order valence-corrected chi connectivity index (χ1v) is 11.9. The third-order valence-corrected chi connectivity index (χ3v) is 6.25. The van der Waals surface area contributed by atoms with Crippen molar-refractivity contribution in [2.75, 3.05) is 25.2 Å². The number of benzene rings is 2. The van der Waals surface area contributed by atoms with E-state index in [1.807, 2.05) is 39.0 Å². The third-order valence-electron chi connectivity index (χ3n) is 5.54. The SMILES string of the molecule is COc1ccc2c(c1)CCCN2C(=O)[C@H](N)Cc1c(C)cc(OC(=O)OCC(C)C)cc1Br. The van der Waals surface area contributed by atoms with Crippen molar-refractivity contribution in [3.05, 3.63) is 51.5 Å². The Morgan fingerprint density at radius 1 is 1.18 bits per heavy atom. The van der Waals surface area contributed by atoms with Gasteiger partial charge >= 0.3 is 6.16 Å². The molecule has 0 unspecified atom stereocenters. The molecule has 1 aliphatic rings. The van der Waals surface area contributed by atoms with E-state index in [1.165, 1.54) is 0 Å². The van der Waals surface area contributed by atoms with E-state index in [1.54, 1.807) is 24.1 Å². The number of hydrogen-bond donors (Lipinski definition) is 1. The molecule has 1 amide bonds. The van der Waals surface area contributed by atoms with E-state index in [2.05, 4.69) is 15.9 Å². The van der Waals surface area contributed by atoms with Crippen LogP contribution in [0.4, 0.5) is 10.5 Å². The first-order valence-electron chi connectivity index (χ1n) is 11.1. The summed E-state index contributed by atoms with van der Waals surface area (Å²) in [6, 6.07) is 8.49. The molecule has 0 saturated heterocycles. The van der Waals surface area contributed by atoms with Crippen LogP contribution in [-0.2, 0) is 22.4 Å². The second kappa shape index (κ2) is 11.0. The molecular formula is C25H31BrN2O5. The molecule has 33 heavy (non-hydrogen) atoms. The number of rotatable bonds is 7. The average Bonchev–Trinajstić information content (AvgIpc) is 2.78. The van der Waals surface area contributed by atoms with E-state index in [4.69, 9.17) is 19.9 Å². The lowest BCUT2D eigenvalue weighted by Gasteiger charge is -2.32. The molecule has 8 heteroatoms. The van der Waals surface area contributed by atoms with E-state index >= 15 is 0 Å². The smallest absolute Gasteiger partial charge is 0.497 e. The Morgan fingerprint density at radius 2 is 1.94 bits per heavy atom. The molecule has 0 saturated carbocycles. The number of nitrogens with two attached hydrogens (primary N) is 1. The van der Waals surface area contributed by atoms with Crippen molar-refractivity contribution in [3.63, 3.8) is 0 Å². The number of methoxy groups -OCH3 is 1. The fourth-order valence-corrected chi connectivity index (χ4v) is 4.56. The Balaban J connectivity index is 1.71. The second-order valence-electron chi connectivity index (χ2n) is 8.66. The molecule has 0 spiro atoms. The Kier molecular flexibility index (Phi) is 8.37. The minimum Gasteiger partial charge on any atom is -0.497 e. The quantitative estimate of drug-likeness (QED) is 0.418. The van der Waals surface area contributed by atoms with Gasteiger partial charge in [-0.2, -0.15) is 0 Å². The lowest BCUT2D eigenvalue weighted by molar-refractivity contribution is -0.119. The van der Waals surface area contributed by atoms with Crippen molar-refractivity contribution < 1.29 is 23.8 Å². The van der Waals surface area contributed by atoms with Crippen LogP contribution >= 0.6 is 15.9 Å². The first-order chi connectivity index (χ1) is 15.7. The monoisotopic (exact) mass is 518 g/mol. The van der Waals surface area contributed by atoms with Crippen LogP contribution in [0, 0.1) is 12.8 Å². The highest BCUT2D eigenvalue weighted by molar-refractivity contribution is 9.10. The van der Waals surface area contributed by atoms with Gasteiger partial charge in [0.1, 0.15) is 11.5 Å². The van der Waals surface area contributed by atoms with Gasteiger partial charge < -0.3 is 24.8 Å². The summed E-state index contributed by atoms with van der Waals surface area (Å²) in [5.41, 5.74) is 10.1. The number of carbonyl (C=O) groups is 2. The normalized spacial score (nSPS) is 14.0. The number of nitrogens with zero attached hydrogens (tertiary/aromatic N) is 1. The van der Waals surface area contributed by atoms with Crippen molar-refractivity contribution in [1.29, 1.82) is 0 Å². The van der Waals surface area contributed by atoms with Crippen LogP contribution in [-0.4, -0.2) is 38.4 Å². The van der Waals surface area contributed by atoms with Crippen molar-refractivity contribution >= 4 is 33.7 Å². The number of halogens is 1. The van der Waals surface area contributed by atoms with Gasteiger partial charge in [-0.05, 0) is 79.1 Å². The van der Waals surface area contributed by atoms with Crippen LogP contribution in [0.25, 0.3) is 0 Å². The number of carbonyl (C=O) groups excluding carboxylic acids is 2. The zero-order valence-corrected chi connectivity index (χ0v) is 21.1. The summed E-state index contributed by atoms with van der Waals surface area (Å²) in [5.74, 6) is 1.25. The maximum absolute atomic E-state index is 13.3. The summed E-state index contributed by atoms with van der Waals surface area (Å²) in [6.45, 7) is 6.73. The van der Waals surface area contributed by atoms with E-state index < -0.39 is 12.2 Å². The van der Waals surface area contributed by atoms with Crippen LogP contribution in [0.5, 0.6) is 11.5 Å². The minimum absolute atomic E-state index is 0.120. The molecule has 2 aromatic carbocycles. The Hall–Kier alpha value is -2.58. The Bertz CT molecular complexity index is 1000. The molecule has 1 aliphatic heterocycles. The second-order valence-corrected chi connectivity index (χ2v) is 9.51. The molecule has 7 nitrogen and oxygen atoms in total. The van der Waals surface area contributed by atoms with Crippen molar-refractivity contribution in [2.24, 2.45) is 11.7 Å². The maximum Gasteiger partial charge on any atom is 0.513 e. The molecule has 0 bridgehead atoms. The van der Waals surface area contributed by atoms with Gasteiger partial charge in [0.05, 0.1) is 19.8 Å². The number of aryl methyl sites for hydroxylation is 2. The van der Waals surface area contributed by atoms with Crippen molar-refractivity contribution in [1.82, 2.24) is 0 Å². The lowest BCUT2D eigenvalue weighted by atomic mass is 9.97. The zero-order chi connectivity index (χ0) is 24.1. The molecule has 1 atom stereocenters. The highest BCUT2D eigenvalue weighted by Gasteiger charge is 2.28. The Morgan fingerprint density at radius 3 is 2.61 bits per heavy atom. The summed E-state index contributed by atoms with van der Waals surface area (Å²) >= 11 is 3.54. The van der Waals surface area contributed by atoms with Gasteiger partial charge in [-0.3, -0.25) is 4.79 Å². The minimum atomic E-state index is -0.741. The van der Waals surface area contributed by atoms with Gasteiger partial charge in [0, 0.05) is 16.7 Å². The molecule has 0 fully saturated rings. The van der Waals surface area contributed by atoms with Crippen molar-refractivity contribution in [3.8, 4) is 11.5 Å². The van der Waals surface area contributed by atoms with Crippen LogP contribution in [0.2, 0.25) is 0 Å². The third kappa shape index (κ3) is 6.26. The van der Waals surface area contributed by atoms with Gasteiger partial charge in [0.2, 0.25) is 5.91 Å². The Labute approximate surface area is 203 Å². The number of fused-ring (bicyclic) bond motifs is 1. The summed E-state index contributed by atoms with van der Waals surface area (Å²) < 4.78 is 16.4. The lowest BCUT2D eigenvalue weighted by Crippen LogP contribution is -2.47. The van der Waals surface area contributed by atoms with E-state index in [9.17, 15) is 9.59 Å². The van der Waals surface area contributed by atoms with Gasteiger partial charge in [-0.15, -0.1) is 0 Å². The molecule has 0 radical (unpaired) electrons. The summed E-state index contributed by atoms with van der Waals surface area (Å²) in [5, 5.41) is 0. The summed E-state index contributed by atoms with van der Waals surface area (Å²) in [4.78, 5) is 26.9. The van der Waals surface area contributed by atoms with Gasteiger partial charge in [0.25, 0.3) is 0 Å². The number of amides is 1. The number of hydrogen-bond acceptors (Lipinski definition) is 6. The topological polar surface area (TPSA) is 91.1 Å². The molecule has 2 N–H and O–H groups in total. The standard InChI is InChI=1S/C25H31BrN2O5/c1-15(2)14-32-25(30)33-19-10-16(3)20(21(26)12-19)13-22(27)24(29)28-9-5-6-17-11-18(31-4)7-8-23(17)28/h7-8,10-12,15,22H,5-6,9,13-14,27H2,1-4H3/t22-/m1/s1. The highest BCUT2D eigenvalue weighted by Crippen LogP contribution is 2.32. The number of ether oxygens (including phenoxy) is 3. The maximum atomic E-state index is 13.3. The molecule has 1 heterocycles. The van der Waals surface area contributed by atoms with Crippen molar-refractivity contribution in [2.45, 2.75) is 46.1 Å². The highest BCUT2D eigenvalue weighted by atomic mass is 79.9. The van der Waals surface area contributed by atoms with Crippen LogP contribution in [0.3, 0.4) is 0 Å². The van der Waals surface area contributed by atoms with Crippen LogP contribution in [0.1, 0.15) is 37.0 Å². The van der Waals surface area contributed by atoms with E-state index in [0.29, 0.717) is 25.3 Å². The van der Waals surface area contributed by atoms with E-state index in [-0.39, 0.29) is 11.8 Å². The van der Waals surface area contributed by atoms with Crippen LogP contribution < -0.4 is 20.1 Å². The predicted octanol–water partition coefficient (Wildman–Crippen LogP) is 4.79. The predicted molar refractivity (Wildman–Crippen MR) is 131 cm³/mol.